The highest BCUT2D eigenvalue weighted by molar-refractivity contribution is 6.39. The number of ether oxygens (including phenoxy) is 2. The molecule has 0 unspecified atom stereocenters. The number of hydrogen-bond donors (Lipinski definition) is 1. The third kappa shape index (κ3) is 4.94. The molecule has 7 nitrogen and oxygen atoms in total. The summed E-state index contributed by atoms with van der Waals surface area (Å²) >= 11 is 6.00. The van der Waals surface area contributed by atoms with Crippen LogP contribution < -0.4 is 19.7 Å². The number of halogens is 1. The first kappa shape index (κ1) is 23.1. The number of nitrogens with one attached hydrogen (secondary N) is 1. The second kappa shape index (κ2) is 9.80. The quantitative estimate of drug-likeness (QED) is 0.404. The molecule has 8 heteroatoms. The summed E-state index contributed by atoms with van der Waals surface area (Å²) in [5, 5.41) is 2.54. The Labute approximate surface area is 201 Å². The number of carbonyl (C=O) groups is 3. The number of rotatable bonds is 6. The minimum atomic E-state index is -0.841. The summed E-state index contributed by atoms with van der Waals surface area (Å²) < 4.78 is 11.3. The summed E-state index contributed by atoms with van der Waals surface area (Å²) in [5.41, 5.74) is 2.74. The van der Waals surface area contributed by atoms with Gasteiger partial charge in [0.2, 0.25) is 0 Å². The van der Waals surface area contributed by atoms with Gasteiger partial charge in [-0.3, -0.25) is 14.9 Å². The number of amides is 4. The predicted molar refractivity (Wildman–Crippen MR) is 129 cm³/mol. The zero-order chi connectivity index (χ0) is 24.2. The molecule has 1 aliphatic heterocycles. The SMILES string of the molecule is COc1cc(/C=C2\C(=O)NC(=O)N(c3cccc(Cl)c3)C2=O)ccc1OCc1cccc(C)c1. The van der Waals surface area contributed by atoms with Crippen molar-refractivity contribution in [1.29, 1.82) is 0 Å². The molecular formula is C26H21ClN2O5. The topological polar surface area (TPSA) is 84.9 Å². The van der Waals surface area contributed by atoms with Crippen LogP contribution in [-0.4, -0.2) is 25.0 Å². The van der Waals surface area contributed by atoms with Crippen molar-refractivity contribution in [3.8, 4) is 11.5 Å². The summed E-state index contributed by atoms with van der Waals surface area (Å²) in [7, 11) is 1.50. The molecule has 172 valence electrons. The molecule has 3 aromatic rings. The summed E-state index contributed by atoms with van der Waals surface area (Å²) in [6.45, 7) is 2.37. The first-order valence-corrected chi connectivity index (χ1v) is 10.8. The molecule has 0 radical (unpaired) electrons. The van der Waals surface area contributed by atoms with Crippen molar-refractivity contribution < 1.29 is 23.9 Å². The predicted octanol–water partition coefficient (Wildman–Crippen LogP) is 4.90. The van der Waals surface area contributed by atoms with E-state index < -0.39 is 17.8 Å². The number of barbiturate groups is 1. The summed E-state index contributed by atoms with van der Waals surface area (Å²) in [6, 6.07) is 18.4. The Kier molecular flexibility index (Phi) is 6.65. The van der Waals surface area contributed by atoms with Crippen LogP contribution in [0.5, 0.6) is 11.5 Å². The highest BCUT2D eigenvalue weighted by Crippen LogP contribution is 2.31. The Morgan fingerprint density at radius 1 is 0.971 bits per heavy atom. The van der Waals surface area contributed by atoms with Crippen LogP contribution in [0.15, 0.2) is 72.3 Å². The molecule has 1 heterocycles. The number of urea groups is 1. The van der Waals surface area contributed by atoms with E-state index in [0.29, 0.717) is 28.7 Å². The second-order valence-electron chi connectivity index (χ2n) is 7.63. The molecule has 0 aromatic heterocycles. The highest BCUT2D eigenvalue weighted by Gasteiger charge is 2.36. The van der Waals surface area contributed by atoms with Crippen LogP contribution in [0, 0.1) is 6.92 Å². The Balaban J connectivity index is 1.60. The molecule has 4 amide bonds. The van der Waals surface area contributed by atoms with Crippen LogP contribution in [0.2, 0.25) is 5.02 Å². The van der Waals surface area contributed by atoms with Crippen LogP contribution in [0.4, 0.5) is 10.5 Å². The normalized spacial score (nSPS) is 14.9. The number of anilines is 1. The van der Waals surface area contributed by atoms with Gasteiger partial charge in [-0.2, -0.15) is 0 Å². The van der Waals surface area contributed by atoms with Crippen molar-refractivity contribution in [2.24, 2.45) is 0 Å². The van der Waals surface area contributed by atoms with Gasteiger partial charge in [-0.15, -0.1) is 0 Å². The smallest absolute Gasteiger partial charge is 0.335 e. The number of nitrogens with zero attached hydrogens (tertiary/aromatic N) is 1. The van der Waals surface area contributed by atoms with Crippen LogP contribution in [0.3, 0.4) is 0 Å². The fourth-order valence-corrected chi connectivity index (χ4v) is 3.71. The van der Waals surface area contributed by atoms with Crippen molar-refractivity contribution >= 4 is 41.2 Å². The summed E-state index contributed by atoms with van der Waals surface area (Å²) in [4.78, 5) is 38.7. The molecule has 0 aliphatic carbocycles. The summed E-state index contributed by atoms with van der Waals surface area (Å²) in [6.07, 6.45) is 1.40. The minimum Gasteiger partial charge on any atom is -0.493 e. The first-order valence-electron chi connectivity index (χ1n) is 10.4. The third-order valence-corrected chi connectivity index (χ3v) is 5.38. The van der Waals surface area contributed by atoms with E-state index in [9.17, 15) is 14.4 Å². The van der Waals surface area contributed by atoms with E-state index in [2.05, 4.69) is 5.32 Å². The van der Waals surface area contributed by atoms with Crippen molar-refractivity contribution in [1.82, 2.24) is 5.32 Å². The molecule has 0 spiro atoms. The number of aryl methyl sites for hydroxylation is 1. The molecule has 1 aliphatic rings. The lowest BCUT2D eigenvalue weighted by Gasteiger charge is -2.26. The van der Waals surface area contributed by atoms with Gasteiger partial charge in [0.05, 0.1) is 12.8 Å². The molecule has 1 fully saturated rings. The number of benzene rings is 3. The molecular weight excluding hydrogens is 456 g/mol. The first-order chi connectivity index (χ1) is 16.4. The third-order valence-electron chi connectivity index (χ3n) is 5.14. The molecule has 4 rings (SSSR count). The zero-order valence-electron chi connectivity index (χ0n) is 18.5. The number of carbonyl (C=O) groups excluding carboxylic acids is 3. The fourth-order valence-electron chi connectivity index (χ4n) is 3.53. The highest BCUT2D eigenvalue weighted by atomic mass is 35.5. The lowest BCUT2D eigenvalue weighted by Crippen LogP contribution is -2.54. The van der Waals surface area contributed by atoms with Gasteiger partial charge in [0.15, 0.2) is 11.5 Å². The Morgan fingerprint density at radius 3 is 2.50 bits per heavy atom. The van der Waals surface area contributed by atoms with E-state index in [1.165, 1.54) is 19.3 Å². The molecule has 0 bridgehead atoms. The lowest BCUT2D eigenvalue weighted by atomic mass is 10.1. The second-order valence-corrected chi connectivity index (χ2v) is 8.06. The van der Waals surface area contributed by atoms with E-state index in [4.69, 9.17) is 21.1 Å². The van der Waals surface area contributed by atoms with Crippen molar-refractivity contribution in [2.75, 3.05) is 12.0 Å². The van der Waals surface area contributed by atoms with Gasteiger partial charge in [-0.05, 0) is 54.5 Å². The molecule has 3 aromatic carbocycles. The Hall–Kier alpha value is -4.10. The maximum Gasteiger partial charge on any atom is 0.335 e. The van der Waals surface area contributed by atoms with Crippen molar-refractivity contribution in [2.45, 2.75) is 13.5 Å². The van der Waals surface area contributed by atoms with Crippen molar-refractivity contribution in [3.63, 3.8) is 0 Å². The Morgan fingerprint density at radius 2 is 1.76 bits per heavy atom. The van der Waals surface area contributed by atoms with Gasteiger partial charge in [0.1, 0.15) is 12.2 Å². The zero-order valence-corrected chi connectivity index (χ0v) is 19.3. The van der Waals surface area contributed by atoms with E-state index in [1.54, 1.807) is 36.4 Å². The van der Waals surface area contributed by atoms with E-state index in [0.717, 1.165) is 16.0 Å². The van der Waals surface area contributed by atoms with Gasteiger partial charge in [0.25, 0.3) is 11.8 Å². The monoisotopic (exact) mass is 476 g/mol. The van der Waals surface area contributed by atoms with Gasteiger partial charge >= 0.3 is 6.03 Å². The fraction of sp³-hybridized carbons (Fsp3) is 0.115. The van der Waals surface area contributed by atoms with Crippen molar-refractivity contribution in [3.05, 3.63) is 94.0 Å². The molecule has 0 atom stereocenters. The van der Waals surface area contributed by atoms with Gasteiger partial charge in [0, 0.05) is 5.02 Å². The average molecular weight is 477 g/mol. The number of methoxy groups -OCH3 is 1. The molecule has 0 saturated carbocycles. The van der Waals surface area contributed by atoms with Gasteiger partial charge in [-0.25, -0.2) is 9.69 Å². The van der Waals surface area contributed by atoms with Crippen LogP contribution in [-0.2, 0) is 16.2 Å². The van der Waals surface area contributed by atoms with E-state index in [1.807, 2.05) is 31.2 Å². The molecule has 34 heavy (non-hydrogen) atoms. The lowest BCUT2D eigenvalue weighted by molar-refractivity contribution is -0.122. The molecule has 1 N–H and O–H groups in total. The maximum atomic E-state index is 13.0. The van der Waals surface area contributed by atoms with Gasteiger partial charge < -0.3 is 9.47 Å². The summed E-state index contributed by atoms with van der Waals surface area (Å²) in [5.74, 6) is -0.587. The average Bonchev–Trinajstić information content (AvgIpc) is 2.80. The number of imide groups is 2. The minimum absolute atomic E-state index is 0.199. The largest absolute Gasteiger partial charge is 0.493 e. The van der Waals surface area contributed by atoms with Crippen LogP contribution in [0.1, 0.15) is 16.7 Å². The van der Waals surface area contributed by atoms with E-state index in [-0.39, 0.29) is 11.3 Å². The molecule has 1 saturated heterocycles. The van der Waals surface area contributed by atoms with Gasteiger partial charge in [-0.1, -0.05) is 53.6 Å². The standard InChI is InChI=1S/C26H21ClN2O5/c1-16-5-3-6-18(11-16)15-34-22-10-9-17(13-23(22)33-2)12-21-24(30)28-26(32)29(25(21)31)20-8-4-7-19(27)14-20/h3-14H,15H2,1-2H3,(H,28,30,32)/b21-12+. The number of hydrogen-bond acceptors (Lipinski definition) is 5. The van der Waals surface area contributed by atoms with Crippen LogP contribution >= 0.6 is 11.6 Å². The Bertz CT molecular complexity index is 1320. The van der Waals surface area contributed by atoms with E-state index >= 15 is 0 Å². The maximum absolute atomic E-state index is 13.0. The van der Waals surface area contributed by atoms with Crippen LogP contribution in [0.25, 0.3) is 6.08 Å².